The summed E-state index contributed by atoms with van der Waals surface area (Å²) in [7, 11) is 0. The van der Waals surface area contributed by atoms with Gasteiger partial charge in [0.05, 0.1) is 11.3 Å². The fourth-order valence-corrected chi connectivity index (χ4v) is 2.97. The first-order valence-corrected chi connectivity index (χ1v) is 7.67. The maximum absolute atomic E-state index is 12.7. The van der Waals surface area contributed by atoms with Crippen LogP contribution in [-0.4, -0.2) is 40.5 Å². The molecule has 2 aliphatic heterocycles. The predicted molar refractivity (Wildman–Crippen MR) is 81.8 cm³/mol. The van der Waals surface area contributed by atoms with Crippen molar-refractivity contribution in [2.24, 2.45) is 0 Å². The molecular formula is C15H14ClN3O4. The highest BCUT2D eigenvalue weighted by molar-refractivity contribution is 6.29. The SMILES string of the molecule is O=C1CCC(N2Cc3cccc(NC(=O)CCl)c3C2=O)C(=O)N1. The van der Waals surface area contributed by atoms with Gasteiger partial charge in [-0.15, -0.1) is 11.6 Å². The lowest BCUT2D eigenvalue weighted by atomic mass is 10.0. The van der Waals surface area contributed by atoms with Crippen LogP contribution in [0.4, 0.5) is 5.69 Å². The molecule has 1 atom stereocenters. The first kappa shape index (κ1) is 15.5. The number of imide groups is 1. The van der Waals surface area contributed by atoms with Crippen LogP contribution in [0.15, 0.2) is 18.2 Å². The Labute approximate surface area is 137 Å². The lowest BCUT2D eigenvalue weighted by Crippen LogP contribution is -2.52. The van der Waals surface area contributed by atoms with Crippen molar-refractivity contribution in [3.8, 4) is 0 Å². The predicted octanol–water partition coefficient (Wildman–Crippen LogP) is 0.625. The third-order valence-corrected chi connectivity index (χ3v) is 4.19. The molecule has 0 saturated carbocycles. The Bertz CT molecular complexity index is 719. The second kappa shape index (κ2) is 6.00. The van der Waals surface area contributed by atoms with E-state index >= 15 is 0 Å². The Hall–Kier alpha value is -2.41. The number of amides is 4. The number of nitrogens with zero attached hydrogens (tertiary/aromatic N) is 1. The summed E-state index contributed by atoms with van der Waals surface area (Å²) < 4.78 is 0. The van der Waals surface area contributed by atoms with Crippen LogP contribution in [0.1, 0.15) is 28.8 Å². The topological polar surface area (TPSA) is 95.6 Å². The molecule has 1 saturated heterocycles. The fourth-order valence-electron chi connectivity index (χ4n) is 2.90. The van der Waals surface area contributed by atoms with E-state index in [2.05, 4.69) is 10.6 Å². The zero-order valence-electron chi connectivity index (χ0n) is 12.1. The highest BCUT2D eigenvalue weighted by Gasteiger charge is 2.40. The van der Waals surface area contributed by atoms with Crippen molar-refractivity contribution in [3.05, 3.63) is 29.3 Å². The molecule has 2 N–H and O–H groups in total. The summed E-state index contributed by atoms with van der Waals surface area (Å²) >= 11 is 5.48. The van der Waals surface area contributed by atoms with Crippen molar-refractivity contribution in [2.75, 3.05) is 11.2 Å². The molecule has 1 aromatic carbocycles. The summed E-state index contributed by atoms with van der Waals surface area (Å²) in [6, 6.07) is 4.44. The van der Waals surface area contributed by atoms with E-state index in [0.717, 1.165) is 5.56 Å². The van der Waals surface area contributed by atoms with Gasteiger partial charge in [0.1, 0.15) is 11.9 Å². The molecule has 4 amide bonds. The molecule has 2 heterocycles. The van der Waals surface area contributed by atoms with Crippen molar-refractivity contribution in [1.29, 1.82) is 0 Å². The Balaban J connectivity index is 1.87. The molecular weight excluding hydrogens is 322 g/mol. The van der Waals surface area contributed by atoms with Gasteiger partial charge in [0.15, 0.2) is 0 Å². The number of carbonyl (C=O) groups is 4. The number of halogens is 1. The van der Waals surface area contributed by atoms with Gasteiger partial charge in [-0.25, -0.2) is 0 Å². The van der Waals surface area contributed by atoms with Crippen LogP contribution in [-0.2, 0) is 20.9 Å². The molecule has 0 spiro atoms. The lowest BCUT2D eigenvalue weighted by Gasteiger charge is -2.29. The summed E-state index contributed by atoms with van der Waals surface area (Å²) in [5.41, 5.74) is 1.48. The van der Waals surface area contributed by atoms with Gasteiger partial charge < -0.3 is 10.2 Å². The number of carbonyl (C=O) groups excluding carboxylic acids is 4. The van der Waals surface area contributed by atoms with Gasteiger partial charge in [-0.3, -0.25) is 24.5 Å². The Kier molecular flexibility index (Phi) is 4.04. The molecule has 1 unspecified atom stereocenters. The molecule has 0 radical (unpaired) electrons. The minimum atomic E-state index is -0.677. The number of anilines is 1. The smallest absolute Gasteiger partial charge is 0.257 e. The van der Waals surface area contributed by atoms with Gasteiger partial charge in [0, 0.05) is 13.0 Å². The zero-order valence-corrected chi connectivity index (χ0v) is 12.9. The van der Waals surface area contributed by atoms with Crippen molar-refractivity contribution in [2.45, 2.75) is 25.4 Å². The highest BCUT2D eigenvalue weighted by Crippen LogP contribution is 2.32. The molecule has 2 aliphatic rings. The molecule has 1 fully saturated rings. The maximum Gasteiger partial charge on any atom is 0.257 e. The molecule has 7 nitrogen and oxygen atoms in total. The summed E-state index contributed by atoms with van der Waals surface area (Å²) in [5.74, 6) is -1.75. The molecule has 120 valence electrons. The van der Waals surface area contributed by atoms with Gasteiger partial charge in [0.2, 0.25) is 17.7 Å². The Morgan fingerprint density at radius 1 is 1.35 bits per heavy atom. The molecule has 8 heteroatoms. The standard InChI is InChI=1S/C15H14ClN3O4/c16-6-12(21)17-9-3-1-2-8-7-19(15(23)13(8)9)10-4-5-11(20)18-14(10)22/h1-3,10H,4-7H2,(H,17,21)(H,18,20,22). The monoisotopic (exact) mass is 335 g/mol. The van der Waals surface area contributed by atoms with Crippen molar-refractivity contribution in [3.63, 3.8) is 0 Å². The number of hydrogen-bond donors (Lipinski definition) is 2. The number of fused-ring (bicyclic) bond motifs is 1. The van der Waals surface area contributed by atoms with Crippen LogP contribution in [0, 0.1) is 0 Å². The largest absolute Gasteiger partial charge is 0.324 e. The number of nitrogens with one attached hydrogen (secondary N) is 2. The van der Waals surface area contributed by atoms with Crippen LogP contribution >= 0.6 is 11.6 Å². The van der Waals surface area contributed by atoms with Gasteiger partial charge in [-0.1, -0.05) is 12.1 Å². The molecule has 23 heavy (non-hydrogen) atoms. The minimum Gasteiger partial charge on any atom is -0.324 e. The molecule has 0 aliphatic carbocycles. The number of benzene rings is 1. The van der Waals surface area contributed by atoms with Crippen LogP contribution in [0.2, 0.25) is 0 Å². The minimum absolute atomic E-state index is 0.201. The van der Waals surface area contributed by atoms with Gasteiger partial charge in [0.25, 0.3) is 5.91 Å². The average Bonchev–Trinajstić information content (AvgIpc) is 2.85. The van der Waals surface area contributed by atoms with E-state index in [-0.39, 0.29) is 30.7 Å². The van der Waals surface area contributed by atoms with Crippen molar-refractivity contribution < 1.29 is 19.2 Å². The number of rotatable bonds is 3. The summed E-state index contributed by atoms with van der Waals surface area (Å²) in [6.07, 6.45) is 0.500. The number of hydrogen-bond acceptors (Lipinski definition) is 4. The van der Waals surface area contributed by atoms with Gasteiger partial charge in [-0.05, 0) is 18.1 Å². The second-order valence-electron chi connectivity index (χ2n) is 5.42. The van der Waals surface area contributed by atoms with Crippen LogP contribution in [0.3, 0.4) is 0 Å². The van der Waals surface area contributed by atoms with Crippen LogP contribution in [0.5, 0.6) is 0 Å². The van der Waals surface area contributed by atoms with Crippen LogP contribution < -0.4 is 10.6 Å². The second-order valence-corrected chi connectivity index (χ2v) is 5.69. The first-order valence-electron chi connectivity index (χ1n) is 7.13. The summed E-state index contributed by atoms with van der Waals surface area (Å²) in [4.78, 5) is 48.8. The van der Waals surface area contributed by atoms with E-state index < -0.39 is 17.9 Å². The third-order valence-electron chi connectivity index (χ3n) is 3.95. The lowest BCUT2D eigenvalue weighted by molar-refractivity contribution is -0.137. The van der Waals surface area contributed by atoms with Crippen molar-refractivity contribution in [1.82, 2.24) is 10.2 Å². The van der Waals surface area contributed by atoms with E-state index in [1.807, 2.05) is 0 Å². The van der Waals surface area contributed by atoms with Gasteiger partial charge >= 0.3 is 0 Å². The third kappa shape index (κ3) is 2.79. The molecule has 1 aromatic rings. The van der Waals surface area contributed by atoms with Crippen LogP contribution in [0.25, 0.3) is 0 Å². The Morgan fingerprint density at radius 2 is 2.13 bits per heavy atom. The normalized spacial score (nSPS) is 20.3. The molecule has 0 bridgehead atoms. The fraction of sp³-hybridized carbons (Fsp3) is 0.333. The van der Waals surface area contributed by atoms with E-state index in [4.69, 9.17) is 11.6 Å². The van der Waals surface area contributed by atoms with E-state index in [9.17, 15) is 19.2 Å². The van der Waals surface area contributed by atoms with E-state index in [1.165, 1.54) is 4.90 Å². The maximum atomic E-state index is 12.7. The van der Waals surface area contributed by atoms with Crippen molar-refractivity contribution >= 4 is 40.9 Å². The summed E-state index contributed by atoms with van der Waals surface area (Å²) in [6.45, 7) is 0.269. The molecule has 0 aromatic heterocycles. The summed E-state index contributed by atoms with van der Waals surface area (Å²) in [5, 5.41) is 4.84. The van der Waals surface area contributed by atoms with Gasteiger partial charge in [-0.2, -0.15) is 0 Å². The first-order chi connectivity index (χ1) is 11.0. The highest BCUT2D eigenvalue weighted by atomic mass is 35.5. The van der Waals surface area contributed by atoms with E-state index in [1.54, 1.807) is 18.2 Å². The average molecular weight is 336 g/mol. The molecule has 3 rings (SSSR count). The Morgan fingerprint density at radius 3 is 2.83 bits per heavy atom. The number of alkyl halides is 1. The zero-order chi connectivity index (χ0) is 16.6. The quantitative estimate of drug-likeness (QED) is 0.625. The van der Waals surface area contributed by atoms with E-state index in [0.29, 0.717) is 17.7 Å². The number of piperidine rings is 1.